The van der Waals surface area contributed by atoms with Crippen LogP contribution in [0.5, 0.6) is 0 Å². The molecule has 5 rings (SSSR count). The first-order chi connectivity index (χ1) is 15.5. The predicted octanol–water partition coefficient (Wildman–Crippen LogP) is 3.53. The van der Waals surface area contributed by atoms with Crippen LogP contribution in [0.4, 0.5) is 0 Å². The zero-order valence-electron chi connectivity index (χ0n) is 18.1. The van der Waals surface area contributed by atoms with Gasteiger partial charge in [-0.1, -0.05) is 31.0 Å². The molecule has 0 spiro atoms. The summed E-state index contributed by atoms with van der Waals surface area (Å²) >= 11 is 0. The van der Waals surface area contributed by atoms with Gasteiger partial charge in [-0.3, -0.25) is 14.0 Å². The van der Waals surface area contributed by atoms with Gasteiger partial charge in [0.25, 0.3) is 11.5 Å². The Hall–Kier alpha value is -3.45. The maximum absolute atomic E-state index is 12.6. The van der Waals surface area contributed by atoms with E-state index in [1.807, 2.05) is 6.07 Å². The lowest BCUT2D eigenvalue weighted by Gasteiger charge is -2.25. The van der Waals surface area contributed by atoms with Crippen LogP contribution in [-0.4, -0.2) is 25.8 Å². The number of nitrogens with zero attached hydrogens (tertiary/aromatic N) is 2. The van der Waals surface area contributed by atoms with Gasteiger partial charge in [0.05, 0.1) is 0 Å². The van der Waals surface area contributed by atoms with E-state index in [1.54, 1.807) is 24.4 Å². The highest BCUT2D eigenvalue weighted by atomic mass is 16.2. The van der Waals surface area contributed by atoms with Gasteiger partial charge in [-0.25, -0.2) is 4.98 Å². The zero-order chi connectivity index (χ0) is 22.1. The summed E-state index contributed by atoms with van der Waals surface area (Å²) < 4.78 is 1.41. The van der Waals surface area contributed by atoms with Gasteiger partial charge in [0.2, 0.25) is 0 Å². The maximum atomic E-state index is 12.6. The van der Waals surface area contributed by atoms with Crippen LogP contribution in [0.25, 0.3) is 16.6 Å². The highest BCUT2D eigenvalue weighted by molar-refractivity contribution is 5.92. The molecule has 164 valence electrons. The predicted molar refractivity (Wildman–Crippen MR) is 125 cm³/mol. The first-order valence-corrected chi connectivity index (χ1v) is 11.1. The van der Waals surface area contributed by atoms with Crippen molar-refractivity contribution >= 4 is 22.5 Å². The van der Waals surface area contributed by atoms with E-state index in [1.165, 1.54) is 36.2 Å². The molecule has 0 atom stereocenters. The number of carbonyl (C=O) groups excluding carboxylic acids is 1. The number of fused-ring (bicyclic) bond motifs is 2. The normalized spacial score (nSPS) is 15.4. The molecule has 1 saturated carbocycles. The molecule has 1 aliphatic carbocycles. The van der Waals surface area contributed by atoms with Crippen molar-refractivity contribution in [2.24, 2.45) is 0 Å². The van der Waals surface area contributed by atoms with Crippen LogP contribution >= 0.6 is 0 Å². The molecule has 0 aliphatic heterocycles. The van der Waals surface area contributed by atoms with Gasteiger partial charge in [-0.15, -0.1) is 0 Å². The van der Waals surface area contributed by atoms with Crippen LogP contribution in [0.1, 0.15) is 54.4 Å². The van der Waals surface area contributed by atoms with Gasteiger partial charge in [-0.05, 0) is 55.0 Å². The lowest BCUT2D eigenvalue weighted by Crippen LogP contribution is -2.38. The largest absolute Gasteiger partial charge is 0.357 e. The first kappa shape index (κ1) is 20.5. The van der Waals surface area contributed by atoms with E-state index in [0.29, 0.717) is 12.2 Å². The van der Waals surface area contributed by atoms with Crippen molar-refractivity contribution < 1.29 is 4.79 Å². The lowest BCUT2D eigenvalue weighted by atomic mass is 10.0. The van der Waals surface area contributed by atoms with E-state index in [4.69, 9.17) is 0 Å². The molecule has 7 nitrogen and oxygen atoms in total. The maximum Gasteiger partial charge on any atom is 0.270 e. The Labute approximate surface area is 185 Å². The van der Waals surface area contributed by atoms with Gasteiger partial charge >= 0.3 is 0 Å². The van der Waals surface area contributed by atoms with Gasteiger partial charge in [-0.2, -0.15) is 0 Å². The summed E-state index contributed by atoms with van der Waals surface area (Å²) in [5.41, 5.74) is 3.73. The SMILES string of the molecule is CC1(NCc2cc3ccc(CNC(=O)c4cc(=O)n5ccccc5n4)cc3[nH]2)CCCC1. The number of hydrogen-bond donors (Lipinski definition) is 3. The topological polar surface area (TPSA) is 91.3 Å². The van der Waals surface area contributed by atoms with Crippen molar-refractivity contribution in [1.29, 1.82) is 0 Å². The van der Waals surface area contributed by atoms with E-state index in [2.05, 4.69) is 45.7 Å². The highest BCUT2D eigenvalue weighted by Crippen LogP contribution is 2.29. The molecule has 4 aromatic rings. The number of H-pyrrole nitrogens is 1. The fourth-order valence-electron chi connectivity index (χ4n) is 4.52. The van der Waals surface area contributed by atoms with Gasteiger partial charge < -0.3 is 15.6 Å². The Morgan fingerprint density at radius 1 is 1.12 bits per heavy atom. The number of pyridine rings is 1. The van der Waals surface area contributed by atoms with Crippen molar-refractivity contribution in [3.63, 3.8) is 0 Å². The molecule has 1 fully saturated rings. The van der Waals surface area contributed by atoms with Gasteiger partial charge in [0, 0.05) is 42.1 Å². The van der Waals surface area contributed by atoms with Crippen LogP contribution in [0.2, 0.25) is 0 Å². The summed E-state index contributed by atoms with van der Waals surface area (Å²) in [6.45, 7) is 3.48. The summed E-state index contributed by atoms with van der Waals surface area (Å²) in [5.74, 6) is -0.366. The minimum absolute atomic E-state index is 0.121. The molecule has 0 bridgehead atoms. The number of aromatic amines is 1. The molecule has 1 aromatic carbocycles. The number of hydrogen-bond acceptors (Lipinski definition) is 4. The third-order valence-electron chi connectivity index (χ3n) is 6.41. The molecule has 3 heterocycles. The minimum atomic E-state index is -0.366. The van der Waals surface area contributed by atoms with Crippen LogP contribution in [0.3, 0.4) is 0 Å². The van der Waals surface area contributed by atoms with Crippen molar-refractivity contribution in [3.8, 4) is 0 Å². The third-order valence-corrected chi connectivity index (χ3v) is 6.41. The number of aromatic nitrogens is 3. The Balaban J connectivity index is 1.26. The third kappa shape index (κ3) is 4.16. The lowest BCUT2D eigenvalue weighted by molar-refractivity contribution is 0.0946. The number of rotatable bonds is 6. The Morgan fingerprint density at radius 2 is 1.97 bits per heavy atom. The quantitative estimate of drug-likeness (QED) is 0.437. The number of amides is 1. The standard InChI is InChI=1S/C25H27N5O2/c1-25(9-3-4-10-25)27-16-19-13-18-8-7-17(12-20(18)28-19)15-26-24(32)21-14-23(31)30-11-5-2-6-22(30)29-21/h2,5-8,11-14,27-28H,3-4,9-10,15-16H2,1H3,(H,26,32). The fraction of sp³-hybridized carbons (Fsp3) is 0.320. The molecule has 0 radical (unpaired) electrons. The van der Waals surface area contributed by atoms with E-state index < -0.39 is 0 Å². The summed E-state index contributed by atoms with van der Waals surface area (Å²) in [5, 5.41) is 7.72. The molecule has 32 heavy (non-hydrogen) atoms. The molecule has 3 N–H and O–H groups in total. The zero-order valence-corrected chi connectivity index (χ0v) is 18.1. The smallest absolute Gasteiger partial charge is 0.270 e. The van der Waals surface area contributed by atoms with Crippen molar-refractivity contribution in [2.45, 2.75) is 51.2 Å². The summed E-state index contributed by atoms with van der Waals surface area (Å²) in [6.07, 6.45) is 6.70. The molecule has 0 unspecified atom stereocenters. The van der Waals surface area contributed by atoms with E-state index >= 15 is 0 Å². The molecule has 1 aliphatic rings. The van der Waals surface area contributed by atoms with Crippen molar-refractivity contribution in [1.82, 2.24) is 25.0 Å². The Bertz CT molecular complexity index is 1350. The van der Waals surface area contributed by atoms with Crippen LogP contribution in [-0.2, 0) is 13.1 Å². The number of benzene rings is 1. The average molecular weight is 430 g/mol. The number of nitrogens with one attached hydrogen (secondary N) is 3. The summed E-state index contributed by atoms with van der Waals surface area (Å²) in [6, 6.07) is 14.8. The molecular formula is C25H27N5O2. The second-order valence-electron chi connectivity index (χ2n) is 8.93. The van der Waals surface area contributed by atoms with Gasteiger partial charge in [0.15, 0.2) is 0 Å². The first-order valence-electron chi connectivity index (χ1n) is 11.1. The molecule has 1 amide bonds. The molecule has 0 saturated heterocycles. The van der Waals surface area contributed by atoms with Crippen LogP contribution in [0, 0.1) is 0 Å². The Morgan fingerprint density at radius 3 is 2.81 bits per heavy atom. The summed E-state index contributed by atoms with van der Waals surface area (Å²) in [4.78, 5) is 32.6. The molecule has 3 aromatic heterocycles. The average Bonchev–Trinajstić information content (AvgIpc) is 3.42. The summed E-state index contributed by atoms with van der Waals surface area (Å²) in [7, 11) is 0. The second kappa shape index (κ2) is 8.24. The number of carbonyl (C=O) groups is 1. The molecular weight excluding hydrogens is 402 g/mol. The fourth-order valence-corrected chi connectivity index (χ4v) is 4.52. The minimum Gasteiger partial charge on any atom is -0.357 e. The van der Waals surface area contributed by atoms with Crippen LogP contribution in [0.15, 0.2) is 59.5 Å². The van der Waals surface area contributed by atoms with Crippen molar-refractivity contribution in [2.75, 3.05) is 0 Å². The molecule has 7 heteroatoms. The second-order valence-corrected chi connectivity index (χ2v) is 8.93. The van der Waals surface area contributed by atoms with Gasteiger partial charge in [0.1, 0.15) is 11.3 Å². The van der Waals surface area contributed by atoms with E-state index in [0.717, 1.165) is 28.7 Å². The Kier molecular flexibility index (Phi) is 5.27. The monoisotopic (exact) mass is 429 g/mol. The highest BCUT2D eigenvalue weighted by Gasteiger charge is 2.27. The van der Waals surface area contributed by atoms with Crippen molar-refractivity contribution in [3.05, 3.63) is 82.0 Å². The van der Waals surface area contributed by atoms with E-state index in [9.17, 15) is 9.59 Å². The van der Waals surface area contributed by atoms with Crippen LogP contribution < -0.4 is 16.2 Å². The van der Waals surface area contributed by atoms with E-state index in [-0.39, 0.29) is 22.7 Å².